The maximum atomic E-state index is 13.2. The number of sulfone groups is 1. The molecule has 150 valence electrons. The molecule has 0 saturated carbocycles. The van der Waals surface area contributed by atoms with E-state index >= 15 is 0 Å². The number of nitrogens with zero attached hydrogens (tertiary/aromatic N) is 1. The van der Waals surface area contributed by atoms with E-state index in [0.29, 0.717) is 21.7 Å². The molecule has 6 nitrogen and oxygen atoms in total. The molecule has 4 rings (SSSR count). The monoisotopic (exact) mass is 438 g/mol. The van der Waals surface area contributed by atoms with Gasteiger partial charge in [-0.1, -0.05) is 48.0 Å². The summed E-state index contributed by atoms with van der Waals surface area (Å²) >= 11 is 5.87. The largest absolute Gasteiger partial charge is 0.452 e. The Bertz CT molecular complexity index is 1310. The van der Waals surface area contributed by atoms with E-state index in [2.05, 4.69) is 10.5 Å². The van der Waals surface area contributed by atoms with E-state index in [9.17, 15) is 13.2 Å². The van der Waals surface area contributed by atoms with Crippen LogP contribution in [0.4, 0.5) is 5.69 Å². The second-order valence-corrected chi connectivity index (χ2v) is 8.63. The quantitative estimate of drug-likeness (QED) is 0.201. The Kier molecular flexibility index (Phi) is 5.39. The van der Waals surface area contributed by atoms with Crippen molar-refractivity contribution in [3.63, 3.8) is 0 Å². The van der Waals surface area contributed by atoms with Gasteiger partial charge in [-0.3, -0.25) is 10.2 Å². The summed E-state index contributed by atoms with van der Waals surface area (Å²) in [6.45, 7) is 0. The summed E-state index contributed by atoms with van der Waals surface area (Å²) in [5.74, 6) is -0.969. The standard InChI is InChI=1S/C22H15ClN2O4S/c23-16-10-12-17(13-11-16)24-25-22(30(27,28)18-7-2-1-3-8-18)21(26)20-14-15-6-4-5-9-19(15)29-20/h1-14,24H/b25-22+. The Morgan fingerprint density at radius 2 is 1.57 bits per heavy atom. The second-order valence-electron chi connectivity index (χ2n) is 6.33. The molecule has 1 N–H and O–H groups in total. The third kappa shape index (κ3) is 3.98. The van der Waals surface area contributed by atoms with Crippen molar-refractivity contribution in [3.8, 4) is 0 Å². The van der Waals surface area contributed by atoms with Gasteiger partial charge in [-0.25, -0.2) is 8.42 Å². The number of furan rings is 1. The fraction of sp³-hybridized carbons (Fsp3) is 0. The Hall–Kier alpha value is -3.42. The molecule has 1 heterocycles. The van der Waals surface area contributed by atoms with Gasteiger partial charge in [0.2, 0.25) is 14.9 Å². The summed E-state index contributed by atoms with van der Waals surface area (Å²) < 4.78 is 31.9. The molecule has 1 aromatic heterocycles. The molecule has 30 heavy (non-hydrogen) atoms. The lowest BCUT2D eigenvalue weighted by Gasteiger charge is -2.07. The van der Waals surface area contributed by atoms with E-state index in [1.165, 1.54) is 18.2 Å². The number of carbonyl (C=O) groups is 1. The minimum Gasteiger partial charge on any atom is -0.452 e. The highest BCUT2D eigenvalue weighted by molar-refractivity contribution is 8.08. The number of halogens is 1. The van der Waals surface area contributed by atoms with Crippen LogP contribution in [0, 0.1) is 0 Å². The fourth-order valence-corrected chi connectivity index (χ4v) is 4.16. The Morgan fingerprint density at radius 3 is 2.27 bits per heavy atom. The lowest BCUT2D eigenvalue weighted by molar-refractivity contribution is 0.104. The molecule has 0 aliphatic heterocycles. The number of nitrogens with one attached hydrogen (secondary N) is 1. The average Bonchev–Trinajstić information content (AvgIpc) is 3.20. The van der Waals surface area contributed by atoms with Crippen LogP contribution in [0.15, 0.2) is 99.3 Å². The molecule has 0 bridgehead atoms. The summed E-state index contributed by atoms with van der Waals surface area (Å²) in [6.07, 6.45) is 0. The Balaban J connectivity index is 1.79. The SMILES string of the molecule is O=C(/C(=N\Nc1ccc(Cl)cc1)S(=O)(=O)c1ccccc1)c1cc2ccccc2o1. The zero-order chi connectivity index (χ0) is 21.1. The van der Waals surface area contributed by atoms with Crippen molar-refractivity contribution < 1.29 is 17.6 Å². The van der Waals surface area contributed by atoms with E-state index in [1.54, 1.807) is 66.7 Å². The summed E-state index contributed by atoms with van der Waals surface area (Å²) in [5.41, 5.74) is 3.56. The van der Waals surface area contributed by atoms with Crippen molar-refractivity contribution in [3.05, 3.63) is 95.7 Å². The lowest BCUT2D eigenvalue weighted by atomic mass is 10.2. The van der Waals surface area contributed by atoms with Crippen molar-refractivity contribution >= 4 is 48.9 Å². The number of anilines is 1. The number of hydrazone groups is 1. The number of benzene rings is 3. The van der Waals surface area contributed by atoms with Crippen molar-refractivity contribution in [2.75, 3.05) is 5.43 Å². The number of ketones is 1. The molecule has 0 radical (unpaired) electrons. The molecular formula is C22H15ClN2O4S. The van der Waals surface area contributed by atoms with Crippen LogP contribution in [0.1, 0.15) is 10.6 Å². The van der Waals surface area contributed by atoms with Crippen molar-refractivity contribution in [1.82, 2.24) is 0 Å². The third-order valence-electron chi connectivity index (χ3n) is 4.28. The Labute approximate surface area is 177 Å². The maximum Gasteiger partial charge on any atom is 0.260 e. The van der Waals surface area contributed by atoms with Gasteiger partial charge in [0.05, 0.1) is 10.6 Å². The van der Waals surface area contributed by atoms with Crippen molar-refractivity contribution in [1.29, 1.82) is 0 Å². The van der Waals surface area contributed by atoms with Crippen LogP contribution in [0.2, 0.25) is 5.02 Å². The molecular weight excluding hydrogens is 424 g/mol. The number of rotatable bonds is 5. The van der Waals surface area contributed by atoms with Crippen LogP contribution in [-0.2, 0) is 9.84 Å². The highest BCUT2D eigenvalue weighted by Gasteiger charge is 2.32. The first kappa shape index (κ1) is 19.9. The molecule has 0 amide bonds. The van der Waals surface area contributed by atoms with Gasteiger partial charge < -0.3 is 4.42 Å². The first-order valence-corrected chi connectivity index (χ1v) is 10.7. The number of hydrogen-bond acceptors (Lipinski definition) is 6. The number of para-hydroxylation sites is 1. The summed E-state index contributed by atoms with van der Waals surface area (Å²) in [6, 6.07) is 22.6. The van der Waals surface area contributed by atoms with Crippen molar-refractivity contribution in [2.24, 2.45) is 5.10 Å². The van der Waals surface area contributed by atoms with Gasteiger partial charge in [-0.2, -0.15) is 5.10 Å². The fourth-order valence-electron chi connectivity index (χ4n) is 2.78. The molecule has 0 unspecified atom stereocenters. The van der Waals surface area contributed by atoms with Crippen LogP contribution in [-0.4, -0.2) is 19.2 Å². The highest BCUT2D eigenvalue weighted by atomic mass is 35.5. The smallest absolute Gasteiger partial charge is 0.260 e. The molecule has 4 aromatic rings. The maximum absolute atomic E-state index is 13.2. The molecule has 0 aliphatic rings. The van der Waals surface area contributed by atoms with Gasteiger partial charge in [0.1, 0.15) is 5.58 Å². The van der Waals surface area contributed by atoms with Crippen LogP contribution in [0.25, 0.3) is 11.0 Å². The number of hydrogen-bond donors (Lipinski definition) is 1. The lowest BCUT2D eigenvalue weighted by Crippen LogP contribution is -2.26. The van der Waals surface area contributed by atoms with Crippen molar-refractivity contribution in [2.45, 2.75) is 4.90 Å². The number of fused-ring (bicyclic) bond motifs is 1. The molecule has 0 fully saturated rings. The molecule has 8 heteroatoms. The normalized spacial score (nSPS) is 12.1. The van der Waals surface area contributed by atoms with Crippen LogP contribution in [0.5, 0.6) is 0 Å². The predicted molar refractivity (Wildman–Crippen MR) is 117 cm³/mol. The zero-order valence-electron chi connectivity index (χ0n) is 15.4. The minimum absolute atomic E-state index is 0.0499. The van der Waals surface area contributed by atoms with Gasteiger partial charge in [-0.05, 0) is 48.5 Å². The average molecular weight is 439 g/mol. The van der Waals surface area contributed by atoms with E-state index in [4.69, 9.17) is 16.0 Å². The van der Waals surface area contributed by atoms with Gasteiger partial charge in [0.15, 0.2) is 5.76 Å². The Morgan fingerprint density at radius 1 is 0.900 bits per heavy atom. The number of Topliss-reactive ketones (excluding diaryl/α,β-unsaturated/α-hetero) is 1. The van der Waals surface area contributed by atoms with Crippen LogP contribution < -0.4 is 5.43 Å². The van der Waals surface area contributed by atoms with Gasteiger partial charge in [0, 0.05) is 10.4 Å². The topological polar surface area (TPSA) is 88.7 Å². The third-order valence-corrected chi connectivity index (χ3v) is 6.21. The first-order chi connectivity index (χ1) is 14.4. The first-order valence-electron chi connectivity index (χ1n) is 8.88. The summed E-state index contributed by atoms with van der Waals surface area (Å²) in [5, 5.41) is 4.46. The van der Waals surface area contributed by atoms with Crippen LogP contribution >= 0.6 is 11.6 Å². The van der Waals surface area contributed by atoms with E-state index in [0.717, 1.165) is 0 Å². The highest BCUT2D eigenvalue weighted by Crippen LogP contribution is 2.22. The summed E-state index contributed by atoms with van der Waals surface area (Å²) in [4.78, 5) is 13.1. The summed E-state index contributed by atoms with van der Waals surface area (Å²) in [7, 11) is -4.21. The van der Waals surface area contributed by atoms with Gasteiger partial charge in [0.25, 0.3) is 5.78 Å². The van der Waals surface area contributed by atoms with E-state index < -0.39 is 20.7 Å². The van der Waals surface area contributed by atoms with E-state index in [-0.39, 0.29) is 10.7 Å². The number of carbonyl (C=O) groups excluding carboxylic acids is 1. The molecule has 0 spiro atoms. The molecule has 0 aliphatic carbocycles. The van der Waals surface area contributed by atoms with Crippen LogP contribution in [0.3, 0.4) is 0 Å². The van der Waals surface area contributed by atoms with E-state index in [1.807, 2.05) is 0 Å². The molecule has 0 saturated heterocycles. The molecule has 0 atom stereocenters. The van der Waals surface area contributed by atoms with Gasteiger partial charge >= 0.3 is 0 Å². The zero-order valence-corrected chi connectivity index (χ0v) is 17.0. The predicted octanol–water partition coefficient (Wildman–Crippen LogP) is 5.17. The molecule has 3 aromatic carbocycles. The van der Waals surface area contributed by atoms with Gasteiger partial charge in [-0.15, -0.1) is 0 Å². The minimum atomic E-state index is -4.21. The second kappa shape index (κ2) is 8.14.